The van der Waals surface area contributed by atoms with E-state index in [0.29, 0.717) is 13.0 Å². The molecule has 1 aliphatic rings. The molecular weight excluding hydrogens is 274 g/mol. The zero-order valence-corrected chi connectivity index (χ0v) is 11.2. The van der Waals surface area contributed by atoms with E-state index in [-0.39, 0.29) is 19.0 Å². The highest BCUT2D eigenvalue weighted by Gasteiger charge is 2.33. The maximum atomic E-state index is 13.6. The molecule has 2 N–H and O–H groups in total. The summed E-state index contributed by atoms with van der Waals surface area (Å²) in [4.78, 5) is -0.868. The molecule has 1 saturated heterocycles. The zero-order chi connectivity index (χ0) is 14.0. The summed E-state index contributed by atoms with van der Waals surface area (Å²) in [7, 11) is -4.14. The quantitative estimate of drug-likeness (QED) is 0.913. The number of nitrogens with zero attached hydrogens (tertiary/aromatic N) is 1. The fourth-order valence-electron chi connectivity index (χ4n) is 2.30. The number of hydrogen-bond acceptors (Lipinski definition) is 3. The second kappa shape index (κ2) is 5.52. The van der Waals surface area contributed by atoms with Gasteiger partial charge in [0.2, 0.25) is 10.0 Å². The highest BCUT2D eigenvalue weighted by atomic mass is 32.2. The Morgan fingerprint density at radius 2 is 1.95 bits per heavy atom. The molecule has 0 aliphatic carbocycles. The molecule has 106 valence electrons. The van der Waals surface area contributed by atoms with Gasteiger partial charge in [0.15, 0.2) is 4.90 Å². The molecule has 0 aromatic heterocycles. The van der Waals surface area contributed by atoms with Crippen LogP contribution in [0.25, 0.3) is 0 Å². The summed E-state index contributed by atoms with van der Waals surface area (Å²) in [6, 6.07) is 3.03. The van der Waals surface area contributed by atoms with Crippen LogP contribution >= 0.6 is 0 Å². The van der Waals surface area contributed by atoms with Gasteiger partial charge in [0, 0.05) is 13.1 Å². The molecule has 0 spiro atoms. The maximum Gasteiger partial charge on any atom is 0.248 e. The summed E-state index contributed by atoms with van der Waals surface area (Å²) in [6.45, 7) is 0.852. The SMILES string of the molecule is NCC1CCCN(S(=O)(=O)c2c(F)cccc2F)C1. The second-order valence-corrected chi connectivity index (χ2v) is 6.53. The van der Waals surface area contributed by atoms with Crippen LogP contribution in [-0.2, 0) is 10.0 Å². The van der Waals surface area contributed by atoms with E-state index >= 15 is 0 Å². The molecule has 2 rings (SSSR count). The molecule has 19 heavy (non-hydrogen) atoms. The predicted molar refractivity (Wildman–Crippen MR) is 66.9 cm³/mol. The van der Waals surface area contributed by atoms with Gasteiger partial charge < -0.3 is 5.73 Å². The van der Waals surface area contributed by atoms with Gasteiger partial charge in [-0.2, -0.15) is 4.31 Å². The van der Waals surface area contributed by atoms with Gasteiger partial charge in [0.25, 0.3) is 0 Å². The van der Waals surface area contributed by atoms with Crippen molar-refractivity contribution in [1.29, 1.82) is 0 Å². The molecule has 7 heteroatoms. The van der Waals surface area contributed by atoms with E-state index in [9.17, 15) is 17.2 Å². The Morgan fingerprint density at radius 3 is 2.53 bits per heavy atom. The largest absolute Gasteiger partial charge is 0.330 e. The van der Waals surface area contributed by atoms with Gasteiger partial charge in [0.1, 0.15) is 11.6 Å². The van der Waals surface area contributed by atoms with E-state index in [1.165, 1.54) is 0 Å². The molecule has 1 aliphatic heterocycles. The molecule has 0 saturated carbocycles. The number of piperidine rings is 1. The Bertz CT molecular complexity index is 543. The highest BCUT2D eigenvalue weighted by molar-refractivity contribution is 7.89. The molecule has 1 fully saturated rings. The summed E-state index contributed by atoms with van der Waals surface area (Å²) in [6.07, 6.45) is 1.49. The van der Waals surface area contributed by atoms with Crippen LogP contribution in [0.5, 0.6) is 0 Å². The average Bonchev–Trinajstić information content (AvgIpc) is 2.38. The van der Waals surface area contributed by atoms with Crippen molar-refractivity contribution in [2.45, 2.75) is 17.7 Å². The van der Waals surface area contributed by atoms with Crippen LogP contribution in [0.15, 0.2) is 23.1 Å². The van der Waals surface area contributed by atoms with Crippen LogP contribution in [0, 0.1) is 17.6 Å². The topological polar surface area (TPSA) is 63.4 Å². The number of hydrogen-bond donors (Lipinski definition) is 1. The van der Waals surface area contributed by atoms with Gasteiger partial charge in [-0.05, 0) is 37.4 Å². The minimum atomic E-state index is -4.14. The Kier molecular flexibility index (Phi) is 4.17. The summed E-state index contributed by atoms with van der Waals surface area (Å²) in [5.41, 5.74) is 5.54. The zero-order valence-electron chi connectivity index (χ0n) is 10.4. The van der Waals surface area contributed by atoms with E-state index in [1.807, 2.05) is 0 Å². The lowest BCUT2D eigenvalue weighted by molar-refractivity contribution is 0.270. The number of benzene rings is 1. The number of nitrogens with two attached hydrogens (primary N) is 1. The fourth-order valence-corrected chi connectivity index (χ4v) is 3.96. The van der Waals surface area contributed by atoms with Gasteiger partial charge in [-0.1, -0.05) is 6.07 Å². The first kappa shape index (κ1) is 14.4. The van der Waals surface area contributed by atoms with Crippen molar-refractivity contribution in [3.63, 3.8) is 0 Å². The minimum Gasteiger partial charge on any atom is -0.330 e. The molecule has 1 unspecified atom stereocenters. The molecule has 1 atom stereocenters. The highest BCUT2D eigenvalue weighted by Crippen LogP contribution is 2.26. The van der Waals surface area contributed by atoms with E-state index in [1.54, 1.807) is 0 Å². The third-order valence-electron chi connectivity index (χ3n) is 3.33. The lowest BCUT2D eigenvalue weighted by atomic mass is 10.0. The first-order valence-electron chi connectivity index (χ1n) is 6.11. The maximum absolute atomic E-state index is 13.6. The van der Waals surface area contributed by atoms with Gasteiger partial charge in [-0.25, -0.2) is 17.2 Å². The Balaban J connectivity index is 2.37. The number of sulfonamides is 1. The molecule has 1 aromatic carbocycles. The normalized spacial score (nSPS) is 21.5. The lowest BCUT2D eigenvalue weighted by Crippen LogP contribution is -2.42. The van der Waals surface area contributed by atoms with Crippen molar-refractivity contribution in [2.24, 2.45) is 11.7 Å². The molecule has 4 nitrogen and oxygen atoms in total. The minimum absolute atomic E-state index is 0.0401. The van der Waals surface area contributed by atoms with Crippen molar-refractivity contribution in [2.75, 3.05) is 19.6 Å². The van der Waals surface area contributed by atoms with Crippen molar-refractivity contribution in [3.05, 3.63) is 29.8 Å². The molecule has 1 aromatic rings. The molecule has 1 heterocycles. The van der Waals surface area contributed by atoms with Crippen LogP contribution in [0.2, 0.25) is 0 Å². The number of rotatable bonds is 3. The lowest BCUT2D eigenvalue weighted by Gasteiger charge is -2.31. The van der Waals surface area contributed by atoms with E-state index in [4.69, 9.17) is 5.73 Å². The monoisotopic (exact) mass is 290 g/mol. The molecule has 0 amide bonds. The average molecular weight is 290 g/mol. The van der Waals surface area contributed by atoms with Gasteiger partial charge >= 0.3 is 0 Å². The summed E-state index contributed by atoms with van der Waals surface area (Å²) >= 11 is 0. The Labute approximate surface area is 111 Å². The van der Waals surface area contributed by atoms with E-state index < -0.39 is 26.6 Å². The molecule has 0 radical (unpaired) electrons. The molecular formula is C12H16F2N2O2S. The van der Waals surface area contributed by atoms with Crippen molar-refractivity contribution >= 4 is 10.0 Å². The first-order valence-corrected chi connectivity index (χ1v) is 7.55. The summed E-state index contributed by atoms with van der Waals surface area (Å²) < 4.78 is 52.9. The standard InChI is InChI=1S/C12H16F2N2O2S/c13-10-4-1-5-11(14)12(10)19(17,18)16-6-2-3-9(7-15)8-16/h1,4-5,9H,2-3,6-8,15H2. The fraction of sp³-hybridized carbons (Fsp3) is 0.500. The van der Waals surface area contributed by atoms with E-state index in [2.05, 4.69) is 0 Å². The van der Waals surface area contributed by atoms with E-state index in [0.717, 1.165) is 28.9 Å². The number of halogens is 2. The van der Waals surface area contributed by atoms with Crippen LogP contribution in [0.1, 0.15) is 12.8 Å². The van der Waals surface area contributed by atoms with Crippen LogP contribution < -0.4 is 5.73 Å². The third kappa shape index (κ3) is 2.77. The summed E-state index contributed by atoms with van der Waals surface area (Å²) in [5, 5.41) is 0. The van der Waals surface area contributed by atoms with Crippen LogP contribution in [0.4, 0.5) is 8.78 Å². The summed E-state index contributed by atoms with van der Waals surface area (Å²) in [5.74, 6) is -2.08. The Hall–Kier alpha value is -1.05. The van der Waals surface area contributed by atoms with Gasteiger partial charge in [0.05, 0.1) is 0 Å². The third-order valence-corrected chi connectivity index (χ3v) is 5.25. The second-order valence-electron chi connectivity index (χ2n) is 4.66. The van der Waals surface area contributed by atoms with Gasteiger partial charge in [-0.15, -0.1) is 0 Å². The first-order chi connectivity index (χ1) is 8.96. The van der Waals surface area contributed by atoms with Crippen molar-refractivity contribution in [3.8, 4) is 0 Å². The van der Waals surface area contributed by atoms with Crippen LogP contribution in [0.3, 0.4) is 0 Å². The molecule has 0 bridgehead atoms. The predicted octanol–water partition coefficient (Wildman–Crippen LogP) is 1.32. The smallest absolute Gasteiger partial charge is 0.248 e. The van der Waals surface area contributed by atoms with Crippen molar-refractivity contribution in [1.82, 2.24) is 4.31 Å². The Morgan fingerprint density at radius 1 is 1.32 bits per heavy atom. The van der Waals surface area contributed by atoms with Gasteiger partial charge in [-0.3, -0.25) is 0 Å². The van der Waals surface area contributed by atoms with Crippen LogP contribution in [-0.4, -0.2) is 32.4 Å². The van der Waals surface area contributed by atoms with Crippen molar-refractivity contribution < 1.29 is 17.2 Å².